The SMILES string of the molecule is Cc1noc(C)c1C(=O)NC(CN)C1CCCCC1. The van der Waals surface area contributed by atoms with Gasteiger partial charge < -0.3 is 15.6 Å². The summed E-state index contributed by atoms with van der Waals surface area (Å²) in [6.45, 7) is 4.02. The van der Waals surface area contributed by atoms with E-state index >= 15 is 0 Å². The van der Waals surface area contributed by atoms with E-state index < -0.39 is 0 Å². The summed E-state index contributed by atoms with van der Waals surface area (Å²) in [5.74, 6) is 0.954. The predicted octanol–water partition coefficient (Wildman–Crippen LogP) is 1.93. The standard InChI is InChI=1S/C14H23N3O2/c1-9-13(10(2)19-17-9)14(18)16-12(8-15)11-6-4-3-5-7-11/h11-12H,3-8,15H2,1-2H3,(H,16,18). The van der Waals surface area contributed by atoms with Crippen LogP contribution in [0.15, 0.2) is 4.52 Å². The Kier molecular flexibility index (Phi) is 4.58. The quantitative estimate of drug-likeness (QED) is 0.871. The van der Waals surface area contributed by atoms with Crippen LogP contribution in [0.5, 0.6) is 0 Å². The molecule has 0 bridgehead atoms. The number of nitrogens with one attached hydrogen (secondary N) is 1. The van der Waals surface area contributed by atoms with E-state index in [4.69, 9.17) is 10.3 Å². The second-order valence-corrected chi connectivity index (χ2v) is 5.41. The summed E-state index contributed by atoms with van der Waals surface area (Å²) in [7, 11) is 0. The molecule has 0 spiro atoms. The first-order valence-corrected chi connectivity index (χ1v) is 7.07. The van der Waals surface area contributed by atoms with Gasteiger partial charge in [-0.15, -0.1) is 0 Å². The van der Waals surface area contributed by atoms with Crippen LogP contribution < -0.4 is 11.1 Å². The van der Waals surface area contributed by atoms with Crippen molar-refractivity contribution in [3.63, 3.8) is 0 Å². The van der Waals surface area contributed by atoms with Crippen LogP contribution >= 0.6 is 0 Å². The Balaban J connectivity index is 2.03. The van der Waals surface area contributed by atoms with E-state index in [1.165, 1.54) is 19.3 Å². The molecule has 5 nitrogen and oxygen atoms in total. The Hall–Kier alpha value is -1.36. The molecule has 0 aromatic carbocycles. The fourth-order valence-corrected chi connectivity index (χ4v) is 2.95. The molecular formula is C14H23N3O2. The van der Waals surface area contributed by atoms with Gasteiger partial charge in [0.15, 0.2) is 0 Å². The predicted molar refractivity (Wildman–Crippen MR) is 72.9 cm³/mol. The minimum atomic E-state index is -0.114. The highest BCUT2D eigenvalue weighted by Crippen LogP contribution is 2.26. The first-order valence-electron chi connectivity index (χ1n) is 7.07. The first kappa shape index (κ1) is 14.1. The van der Waals surface area contributed by atoms with Crippen LogP contribution in [0.4, 0.5) is 0 Å². The lowest BCUT2D eigenvalue weighted by atomic mass is 9.84. The van der Waals surface area contributed by atoms with Crippen molar-refractivity contribution in [2.24, 2.45) is 11.7 Å². The van der Waals surface area contributed by atoms with Crippen molar-refractivity contribution in [3.8, 4) is 0 Å². The summed E-state index contributed by atoms with van der Waals surface area (Å²) in [6.07, 6.45) is 6.09. The van der Waals surface area contributed by atoms with Crippen molar-refractivity contribution in [2.45, 2.75) is 52.0 Å². The summed E-state index contributed by atoms with van der Waals surface area (Å²) in [6, 6.07) is 0.0569. The maximum atomic E-state index is 12.3. The molecule has 1 unspecified atom stereocenters. The summed E-state index contributed by atoms with van der Waals surface area (Å²) >= 11 is 0. The molecule has 0 saturated heterocycles. The van der Waals surface area contributed by atoms with Crippen molar-refractivity contribution < 1.29 is 9.32 Å². The molecule has 1 aliphatic carbocycles. The number of nitrogens with zero attached hydrogens (tertiary/aromatic N) is 1. The Morgan fingerprint density at radius 2 is 2.11 bits per heavy atom. The van der Waals surface area contributed by atoms with Gasteiger partial charge in [-0.25, -0.2) is 0 Å². The van der Waals surface area contributed by atoms with E-state index in [0.717, 1.165) is 12.8 Å². The molecule has 0 radical (unpaired) electrons. The summed E-state index contributed by atoms with van der Waals surface area (Å²) in [5, 5.41) is 6.87. The highest BCUT2D eigenvalue weighted by molar-refractivity contribution is 5.96. The van der Waals surface area contributed by atoms with Gasteiger partial charge in [0, 0.05) is 12.6 Å². The largest absolute Gasteiger partial charge is 0.361 e. The zero-order valence-electron chi connectivity index (χ0n) is 11.7. The second kappa shape index (κ2) is 6.19. The Morgan fingerprint density at radius 3 is 2.63 bits per heavy atom. The molecular weight excluding hydrogens is 242 g/mol. The average Bonchev–Trinajstić information content (AvgIpc) is 2.76. The monoisotopic (exact) mass is 265 g/mol. The fourth-order valence-electron chi connectivity index (χ4n) is 2.95. The number of nitrogens with two attached hydrogens (primary N) is 1. The Bertz CT molecular complexity index is 416. The van der Waals surface area contributed by atoms with Crippen LogP contribution in [0, 0.1) is 19.8 Å². The molecule has 1 aliphatic rings. The van der Waals surface area contributed by atoms with Gasteiger partial charge in [0.05, 0.1) is 5.69 Å². The maximum Gasteiger partial charge on any atom is 0.257 e. The van der Waals surface area contributed by atoms with Gasteiger partial charge in [0.2, 0.25) is 0 Å². The lowest BCUT2D eigenvalue weighted by Gasteiger charge is -2.30. The number of carbonyl (C=O) groups is 1. The smallest absolute Gasteiger partial charge is 0.257 e. The van der Waals surface area contributed by atoms with Gasteiger partial charge in [0.25, 0.3) is 5.91 Å². The van der Waals surface area contributed by atoms with Crippen LogP contribution in [-0.4, -0.2) is 23.7 Å². The molecule has 5 heteroatoms. The zero-order chi connectivity index (χ0) is 13.8. The first-order chi connectivity index (χ1) is 9.13. The van der Waals surface area contributed by atoms with Crippen molar-refractivity contribution >= 4 is 5.91 Å². The van der Waals surface area contributed by atoms with Gasteiger partial charge in [-0.05, 0) is 32.6 Å². The number of carbonyl (C=O) groups excluding carboxylic acids is 1. The Morgan fingerprint density at radius 1 is 1.42 bits per heavy atom. The minimum Gasteiger partial charge on any atom is -0.361 e. The van der Waals surface area contributed by atoms with E-state index in [2.05, 4.69) is 10.5 Å². The molecule has 3 N–H and O–H groups in total. The molecule has 1 aromatic heterocycles. The van der Waals surface area contributed by atoms with Crippen LogP contribution in [0.2, 0.25) is 0 Å². The molecule has 1 saturated carbocycles. The Labute approximate surface area is 113 Å². The van der Waals surface area contributed by atoms with Crippen molar-refractivity contribution in [2.75, 3.05) is 6.54 Å². The van der Waals surface area contributed by atoms with Crippen LogP contribution in [0.25, 0.3) is 0 Å². The van der Waals surface area contributed by atoms with E-state index in [0.29, 0.717) is 29.5 Å². The number of hydrogen-bond donors (Lipinski definition) is 2. The van der Waals surface area contributed by atoms with Gasteiger partial charge in [-0.1, -0.05) is 24.4 Å². The second-order valence-electron chi connectivity index (χ2n) is 5.41. The number of aryl methyl sites for hydroxylation is 2. The lowest BCUT2D eigenvalue weighted by molar-refractivity contribution is 0.0913. The van der Waals surface area contributed by atoms with Gasteiger partial charge >= 0.3 is 0 Å². The molecule has 1 fully saturated rings. The number of aromatic nitrogens is 1. The van der Waals surface area contributed by atoms with E-state index in [1.54, 1.807) is 13.8 Å². The van der Waals surface area contributed by atoms with Gasteiger partial charge in [0.1, 0.15) is 11.3 Å². The average molecular weight is 265 g/mol. The topological polar surface area (TPSA) is 81.2 Å². The van der Waals surface area contributed by atoms with Gasteiger partial charge in [-0.3, -0.25) is 4.79 Å². The summed E-state index contributed by atoms with van der Waals surface area (Å²) < 4.78 is 5.04. The zero-order valence-corrected chi connectivity index (χ0v) is 11.7. The van der Waals surface area contributed by atoms with Crippen molar-refractivity contribution in [3.05, 3.63) is 17.0 Å². The normalized spacial score (nSPS) is 18.3. The summed E-state index contributed by atoms with van der Waals surface area (Å²) in [5.41, 5.74) is 7.01. The number of hydrogen-bond acceptors (Lipinski definition) is 4. The van der Waals surface area contributed by atoms with Crippen molar-refractivity contribution in [1.82, 2.24) is 10.5 Å². The third-order valence-corrected chi connectivity index (χ3v) is 4.05. The molecule has 1 amide bonds. The highest BCUT2D eigenvalue weighted by Gasteiger charge is 2.26. The van der Waals surface area contributed by atoms with E-state index in [1.807, 2.05) is 0 Å². The number of amides is 1. The van der Waals surface area contributed by atoms with Gasteiger partial charge in [-0.2, -0.15) is 0 Å². The third-order valence-electron chi connectivity index (χ3n) is 4.05. The fraction of sp³-hybridized carbons (Fsp3) is 0.714. The molecule has 106 valence electrons. The highest BCUT2D eigenvalue weighted by atomic mass is 16.5. The molecule has 0 aliphatic heterocycles. The molecule has 1 atom stereocenters. The van der Waals surface area contributed by atoms with Crippen molar-refractivity contribution in [1.29, 1.82) is 0 Å². The third kappa shape index (κ3) is 3.15. The van der Waals surface area contributed by atoms with Crippen LogP contribution in [0.1, 0.15) is 53.9 Å². The molecule has 2 rings (SSSR count). The minimum absolute atomic E-state index is 0.0569. The molecule has 1 aromatic rings. The van der Waals surface area contributed by atoms with E-state index in [9.17, 15) is 4.79 Å². The summed E-state index contributed by atoms with van der Waals surface area (Å²) in [4.78, 5) is 12.3. The van der Waals surface area contributed by atoms with E-state index in [-0.39, 0.29) is 11.9 Å². The lowest BCUT2D eigenvalue weighted by Crippen LogP contribution is -2.46. The molecule has 19 heavy (non-hydrogen) atoms. The maximum absolute atomic E-state index is 12.3. The van der Waals surface area contributed by atoms with Crippen LogP contribution in [0.3, 0.4) is 0 Å². The molecule has 1 heterocycles. The number of rotatable bonds is 4. The van der Waals surface area contributed by atoms with Crippen LogP contribution in [-0.2, 0) is 0 Å².